The fraction of sp³-hybridized carbons (Fsp3) is 0.667. The van der Waals surface area contributed by atoms with Crippen molar-refractivity contribution in [3.8, 4) is 0 Å². The Morgan fingerprint density at radius 3 is 2.40 bits per heavy atom. The van der Waals surface area contributed by atoms with Gasteiger partial charge in [0.25, 0.3) is 0 Å². The Morgan fingerprint density at radius 1 is 1.30 bits per heavy atom. The van der Waals surface area contributed by atoms with Crippen molar-refractivity contribution >= 4 is 5.71 Å². The van der Waals surface area contributed by atoms with E-state index in [1.807, 2.05) is 6.08 Å². The van der Waals surface area contributed by atoms with E-state index in [0.717, 1.165) is 5.71 Å². The van der Waals surface area contributed by atoms with Crippen molar-refractivity contribution in [2.45, 2.75) is 20.8 Å². The Hall–Kier alpha value is -0.590. The predicted molar refractivity (Wildman–Crippen MR) is 44.4 cm³/mol. The largest absolute Gasteiger partial charge is 0.305 e. The summed E-state index contributed by atoms with van der Waals surface area (Å²) < 4.78 is 0. The molecule has 1 N–H and O–H groups in total. The SMILES string of the molecule is CC1C=CC(=N)C(C)C1C. The molecule has 1 rings (SSSR count). The zero-order chi connectivity index (χ0) is 7.72. The number of rotatable bonds is 0. The monoisotopic (exact) mass is 137 g/mol. The quantitative estimate of drug-likeness (QED) is 0.530. The Kier molecular flexibility index (Phi) is 1.93. The molecule has 3 unspecified atom stereocenters. The molecule has 0 aromatic heterocycles. The van der Waals surface area contributed by atoms with Crippen LogP contribution in [0.5, 0.6) is 0 Å². The van der Waals surface area contributed by atoms with E-state index in [1.54, 1.807) is 0 Å². The molecule has 0 aliphatic heterocycles. The molecular formula is C9H15N. The molecule has 0 saturated heterocycles. The van der Waals surface area contributed by atoms with Gasteiger partial charge in [0.05, 0.1) is 0 Å². The van der Waals surface area contributed by atoms with E-state index in [1.165, 1.54) is 0 Å². The van der Waals surface area contributed by atoms with Crippen LogP contribution in [0.3, 0.4) is 0 Å². The molecule has 0 radical (unpaired) electrons. The molecule has 56 valence electrons. The van der Waals surface area contributed by atoms with Crippen LogP contribution in [0.25, 0.3) is 0 Å². The van der Waals surface area contributed by atoms with Crippen molar-refractivity contribution in [3.63, 3.8) is 0 Å². The lowest BCUT2D eigenvalue weighted by Crippen LogP contribution is -2.25. The second-order valence-corrected chi connectivity index (χ2v) is 3.32. The number of nitrogens with one attached hydrogen (secondary N) is 1. The van der Waals surface area contributed by atoms with Gasteiger partial charge in [0.15, 0.2) is 0 Å². The maximum atomic E-state index is 7.53. The van der Waals surface area contributed by atoms with E-state index in [2.05, 4.69) is 26.8 Å². The molecule has 3 atom stereocenters. The van der Waals surface area contributed by atoms with E-state index < -0.39 is 0 Å². The number of hydrogen-bond donors (Lipinski definition) is 1. The third-order valence-electron chi connectivity index (χ3n) is 2.69. The fourth-order valence-electron chi connectivity index (χ4n) is 1.32. The molecule has 1 aliphatic carbocycles. The van der Waals surface area contributed by atoms with Crippen molar-refractivity contribution in [2.24, 2.45) is 17.8 Å². The van der Waals surface area contributed by atoms with E-state index in [-0.39, 0.29) is 0 Å². The Balaban J connectivity index is 2.79. The third-order valence-corrected chi connectivity index (χ3v) is 2.69. The van der Waals surface area contributed by atoms with Crippen LogP contribution >= 0.6 is 0 Å². The van der Waals surface area contributed by atoms with Crippen molar-refractivity contribution in [2.75, 3.05) is 0 Å². The van der Waals surface area contributed by atoms with Gasteiger partial charge in [-0.15, -0.1) is 0 Å². The predicted octanol–water partition coefficient (Wildman–Crippen LogP) is 2.48. The Bertz CT molecular complexity index is 170. The molecular weight excluding hydrogens is 122 g/mol. The summed E-state index contributed by atoms with van der Waals surface area (Å²) in [5.74, 6) is 1.72. The lowest BCUT2D eigenvalue weighted by Gasteiger charge is -2.27. The van der Waals surface area contributed by atoms with Crippen LogP contribution < -0.4 is 0 Å². The highest BCUT2D eigenvalue weighted by Gasteiger charge is 2.23. The summed E-state index contributed by atoms with van der Waals surface area (Å²) in [4.78, 5) is 0. The summed E-state index contributed by atoms with van der Waals surface area (Å²) in [7, 11) is 0. The summed E-state index contributed by atoms with van der Waals surface area (Å²) in [6.07, 6.45) is 4.07. The van der Waals surface area contributed by atoms with Crippen LogP contribution in [0.1, 0.15) is 20.8 Å². The van der Waals surface area contributed by atoms with Gasteiger partial charge in [-0.2, -0.15) is 0 Å². The third kappa shape index (κ3) is 1.13. The molecule has 0 heterocycles. The Labute approximate surface area is 62.6 Å². The highest BCUT2D eigenvalue weighted by atomic mass is 14.5. The lowest BCUT2D eigenvalue weighted by atomic mass is 9.78. The van der Waals surface area contributed by atoms with Crippen molar-refractivity contribution in [3.05, 3.63) is 12.2 Å². The minimum atomic E-state index is 0.444. The molecule has 0 bridgehead atoms. The smallest absolute Gasteiger partial charge is 0.0341 e. The summed E-state index contributed by atoms with van der Waals surface area (Å²) in [6, 6.07) is 0. The maximum Gasteiger partial charge on any atom is 0.0341 e. The van der Waals surface area contributed by atoms with Crippen LogP contribution in [-0.2, 0) is 0 Å². The van der Waals surface area contributed by atoms with Gasteiger partial charge < -0.3 is 5.41 Å². The van der Waals surface area contributed by atoms with E-state index in [9.17, 15) is 0 Å². The van der Waals surface area contributed by atoms with Gasteiger partial charge in [0, 0.05) is 11.6 Å². The van der Waals surface area contributed by atoms with Crippen LogP contribution in [0.4, 0.5) is 0 Å². The molecule has 1 aliphatic rings. The average molecular weight is 137 g/mol. The second-order valence-electron chi connectivity index (χ2n) is 3.32. The van der Waals surface area contributed by atoms with Crippen LogP contribution in [0.15, 0.2) is 12.2 Å². The lowest BCUT2D eigenvalue weighted by molar-refractivity contribution is 0.382. The fourth-order valence-corrected chi connectivity index (χ4v) is 1.32. The summed E-state index contributed by atoms with van der Waals surface area (Å²) in [6.45, 7) is 6.56. The maximum absolute atomic E-state index is 7.53. The zero-order valence-electron chi connectivity index (χ0n) is 6.89. The molecule has 1 nitrogen and oxygen atoms in total. The molecule has 0 aromatic carbocycles. The summed E-state index contributed by atoms with van der Waals surface area (Å²) >= 11 is 0. The van der Waals surface area contributed by atoms with Gasteiger partial charge in [-0.25, -0.2) is 0 Å². The highest BCUT2D eigenvalue weighted by molar-refractivity contribution is 5.95. The van der Waals surface area contributed by atoms with Crippen molar-refractivity contribution in [1.29, 1.82) is 5.41 Å². The summed E-state index contributed by atoms with van der Waals surface area (Å²) in [5, 5.41) is 7.53. The molecule has 1 heteroatoms. The zero-order valence-corrected chi connectivity index (χ0v) is 6.89. The van der Waals surface area contributed by atoms with Gasteiger partial charge >= 0.3 is 0 Å². The Morgan fingerprint density at radius 2 is 1.90 bits per heavy atom. The standard InChI is InChI=1S/C9H15N/c1-6-4-5-9(10)8(3)7(6)2/h4-8,10H,1-3H3. The molecule has 0 fully saturated rings. The van der Waals surface area contributed by atoms with Gasteiger partial charge in [-0.1, -0.05) is 26.8 Å². The topological polar surface area (TPSA) is 23.9 Å². The van der Waals surface area contributed by atoms with E-state index >= 15 is 0 Å². The molecule has 0 amide bonds. The molecule has 0 spiro atoms. The normalized spacial score (nSPS) is 40.3. The van der Waals surface area contributed by atoms with Crippen LogP contribution in [0.2, 0.25) is 0 Å². The molecule has 0 saturated carbocycles. The molecule has 10 heavy (non-hydrogen) atoms. The minimum absolute atomic E-state index is 0.444. The minimum Gasteiger partial charge on any atom is -0.305 e. The number of allylic oxidation sites excluding steroid dienone is 2. The van der Waals surface area contributed by atoms with Crippen molar-refractivity contribution in [1.82, 2.24) is 0 Å². The molecule has 0 aromatic rings. The number of hydrogen-bond acceptors (Lipinski definition) is 1. The van der Waals surface area contributed by atoms with Gasteiger partial charge in [0.1, 0.15) is 0 Å². The van der Waals surface area contributed by atoms with Crippen molar-refractivity contribution < 1.29 is 0 Å². The van der Waals surface area contributed by atoms with Gasteiger partial charge in [0.2, 0.25) is 0 Å². The van der Waals surface area contributed by atoms with Crippen LogP contribution in [0, 0.1) is 23.2 Å². The first-order chi connectivity index (χ1) is 4.63. The van der Waals surface area contributed by atoms with Gasteiger partial charge in [-0.05, 0) is 17.9 Å². The second kappa shape index (κ2) is 2.57. The first-order valence-electron chi connectivity index (χ1n) is 3.89. The van der Waals surface area contributed by atoms with Crippen LogP contribution in [-0.4, -0.2) is 5.71 Å². The van der Waals surface area contributed by atoms with Gasteiger partial charge in [-0.3, -0.25) is 0 Å². The average Bonchev–Trinajstić information content (AvgIpc) is 1.93. The highest BCUT2D eigenvalue weighted by Crippen LogP contribution is 2.26. The van der Waals surface area contributed by atoms with E-state index in [4.69, 9.17) is 5.41 Å². The first-order valence-corrected chi connectivity index (χ1v) is 3.89. The summed E-state index contributed by atoms with van der Waals surface area (Å²) in [5.41, 5.74) is 0.783. The first kappa shape index (κ1) is 7.52. The van der Waals surface area contributed by atoms with E-state index in [0.29, 0.717) is 17.8 Å².